The number of nitrogens with two attached hydrogens (primary N) is 1. The Labute approximate surface area is 460 Å². The molecule has 0 spiro atoms. The first kappa shape index (κ1) is 61.1. The zero-order valence-electron chi connectivity index (χ0n) is 44.0. The molecule has 0 bridgehead atoms. The Balaban J connectivity index is 0.993. The molecular weight excluding hydrogens is 1050 g/mol. The Bertz CT molecular complexity index is 2670. The molecule has 1 aromatic heterocycles. The number of anilines is 3. The highest BCUT2D eigenvalue weighted by Crippen LogP contribution is 2.32. The number of ether oxygens (including phenoxy) is 3. The van der Waals surface area contributed by atoms with Crippen molar-refractivity contribution in [2.45, 2.75) is 120 Å². The van der Waals surface area contributed by atoms with E-state index in [1.165, 1.54) is 40.3 Å². The monoisotopic (exact) mass is 1120 g/mol. The minimum atomic E-state index is -2.02. The minimum Gasteiger partial charge on any atom is -0.479 e. The van der Waals surface area contributed by atoms with E-state index in [9.17, 15) is 63.6 Å². The summed E-state index contributed by atoms with van der Waals surface area (Å²) in [6, 6.07) is 11.7. The zero-order valence-corrected chi connectivity index (χ0v) is 44.0. The van der Waals surface area contributed by atoms with E-state index in [0.29, 0.717) is 30.0 Å². The van der Waals surface area contributed by atoms with E-state index in [2.05, 4.69) is 31.6 Å². The molecule has 27 heteroatoms. The van der Waals surface area contributed by atoms with Crippen LogP contribution in [0.2, 0.25) is 0 Å². The summed E-state index contributed by atoms with van der Waals surface area (Å²) in [5.74, 6) is -5.45. The second kappa shape index (κ2) is 30.3. The third kappa shape index (κ3) is 17.7. The smallest absolute Gasteiger partial charge is 0.411 e. The van der Waals surface area contributed by atoms with Gasteiger partial charge in [-0.25, -0.2) is 19.4 Å². The number of hydrogen-bond donors (Lipinski definition) is 10. The van der Waals surface area contributed by atoms with Crippen LogP contribution in [0.4, 0.5) is 26.7 Å². The molecule has 3 aromatic rings. The number of imide groups is 1. The molecule has 1 saturated heterocycles. The number of hydrogen-bond acceptors (Lipinski definition) is 18. The maximum absolute atomic E-state index is 13.6. The van der Waals surface area contributed by atoms with Crippen LogP contribution in [0.3, 0.4) is 0 Å². The van der Waals surface area contributed by atoms with Gasteiger partial charge in [-0.1, -0.05) is 44.2 Å². The molecule has 1 aliphatic carbocycles. The molecule has 2 aliphatic heterocycles. The molecule has 0 radical (unpaired) electrons. The number of nitrogens with one attached hydrogen (secondary N) is 5. The summed E-state index contributed by atoms with van der Waals surface area (Å²) >= 11 is 0. The number of unbranched alkanes of at least 4 members (excludes halogenated alkanes) is 3. The summed E-state index contributed by atoms with van der Waals surface area (Å²) in [4.78, 5) is 127. The van der Waals surface area contributed by atoms with E-state index in [1.807, 2.05) is 0 Å². The number of aliphatic hydroxyl groups is 3. The molecule has 432 valence electrons. The van der Waals surface area contributed by atoms with E-state index in [1.54, 1.807) is 43.7 Å². The van der Waals surface area contributed by atoms with E-state index in [4.69, 9.17) is 24.8 Å². The van der Waals surface area contributed by atoms with Crippen molar-refractivity contribution in [1.82, 2.24) is 30.5 Å². The number of carboxylic acids is 1. The number of rotatable bonds is 27. The van der Waals surface area contributed by atoms with Crippen molar-refractivity contribution in [1.29, 1.82) is 0 Å². The van der Waals surface area contributed by atoms with Crippen LogP contribution in [-0.4, -0.2) is 176 Å². The summed E-state index contributed by atoms with van der Waals surface area (Å²) in [5.41, 5.74) is 6.85. The molecule has 9 amide bonds. The number of urea groups is 1. The maximum Gasteiger partial charge on any atom is 0.411 e. The highest BCUT2D eigenvalue weighted by Gasteiger charge is 2.48. The summed E-state index contributed by atoms with van der Waals surface area (Å²) < 4.78 is 16.4. The first-order valence-electron chi connectivity index (χ1n) is 26.2. The number of pyridine rings is 1. The molecule has 2 fully saturated rings. The number of aliphatic hydroxyl groups excluding tert-OH is 3. The fraction of sp³-hybridized carbons (Fsp3) is 0.472. The molecule has 0 unspecified atom stereocenters. The zero-order chi connectivity index (χ0) is 57.7. The molecule has 3 aliphatic rings. The van der Waals surface area contributed by atoms with Crippen molar-refractivity contribution >= 4 is 70.6 Å². The lowest BCUT2D eigenvalue weighted by Crippen LogP contribution is -2.61. The predicted molar refractivity (Wildman–Crippen MR) is 283 cm³/mol. The van der Waals surface area contributed by atoms with Gasteiger partial charge in [-0.3, -0.25) is 48.8 Å². The molecule has 6 rings (SSSR count). The second-order valence-electron chi connectivity index (χ2n) is 19.0. The van der Waals surface area contributed by atoms with Crippen molar-refractivity contribution in [2.75, 3.05) is 55.8 Å². The van der Waals surface area contributed by atoms with Crippen molar-refractivity contribution in [3.05, 3.63) is 90.3 Å². The third-order valence-corrected chi connectivity index (χ3v) is 13.1. The van der Waals surface area contributed by atoms with Gasteiger partial charge in [0.2, 0.25) is 24.0 Å². The number of carbonyl (C=O) groups excluding carboxylic acids is 8. The van der Waals surface area contributed by atoms with Gasteiger partial charge in [-0.2, -0.15) is 0 Å². The maximum atomic E-state index is 13.6. The number of benzene rings is 2. The Morgan fingerprint density at radius 2 is 1.54 bits per heavy atom. The number of carboxylic acid groups (broad SMARTS) is 1. The van der Waals surface area contributed by atoms with Gasteiger partial charge in [0, 0.05) is 87.6 Å². The molecule has 80 heavy (non-hydrogen) atoms. The van der Waals surface area contributed by atoms with E-state index in [-0.39, 0.29) is 65.9 Å². The van der Waals surface area contributed by atoms with E-state index in [0.717, 1.165) is 63.5 Å². The average molecular weight is 1120 g/mol. The van der Waals surface area contributed by atoms with Gasteiger partial charge in [0.05, 0.1) is 18.3 Å². The van der Waals surface area contributed by atoms with Crippen LogP contribution in [0.1, 0.15) is 86.6 Å². The van der Waals surface area contributed by atoms with Gasteiger partial charge >= 0.3 is 18.1 Å². The Morgan fingerprint density at radius 1 is 0.812 bits per heavy atom. The predicted octanol–water partition coefficient (Wildman–Crippen LogP) is 1.74. The SMILES string of the molecule is CN(CCON(C(=O)CCCCCCNC(=O)Nc1ccncc1)C1CCCCC1)C(=O)c1cccc(NC(=O)OCc2ccc(O[C@@H]3O[C@H](C(=O)O)[C@@H](O)[C@H](O)[C@H]3O)c(NC(=O)CCNC(=O)[C@H](CN)N3C(=O)C=CC3=O)c2)c1. The lowest BCUT2D eigenvalue weighted by Gasteiger charge is -2.38. The molecule has 1 saturated carbocycles. The van der Waals surface area contributed by atoms with Crippen LogP contribution in [0.15, 0.2) is 79.1 Å². The number of aromatic nitrogens is 1. The summed E-state index contributed by atoms with van der Waals surface area (Å²) in [5, 5.41) is 55.3. The van der Waals surface area contributed by atoms with Crippen LogP contribution in [0, 0.1) is 0 Å². The lowest BCUT2D eigenvalue weighted by molar-refractivity contribution is -0.271. The summed E-state index contributed by atoms with van der Waals surface area (Å²) in [7, 11) is 1.58. The number of aliphatic carboxylic acids is 1. The van der Waals surface area contributed by atoms with Gasteiger partial charge < -0.3 is 66.5 Å². The van der Waals surface area contributed by atoms with Gasteiger partial charge in [-0.15, -0.1) is 0 Å². The van der Waals surface area contributed by atoms with Gasteiger partial charge in [0.1, 0.15) is 36.7 Å². The lowest BCUT2D eigenvalue weighted by atomic mass is 9.95. The minimum absolute atomic E-state index is 0.0500. The molecule has 27 nitrogen and oxygen atoms in total. The van der Waals surface area contributed by atoms with Gasteiger partial charge in [0.25, 0.3) is 17.7 Å². The van der Waals surface area contributed by atoms with E-state index < -0.39 is 97.9 Å². The molecular formula is C53H68N10O17. The Morgan fingerprint density at radius 3 is 2.25 bits per heavy atom. The first-order valence-corrected chi connectivity index (χ1v) is 26.2. The third-order valence-electron chi connectivity index (χ3n) is 13.1. The highest BCUT2D eigenvalue weighted by molar-refractivity contribution is 6.15. The van der Waals surface area contributed by atoms with Crippen LogP contribution < -0.4 is 37.1 Å². The van der Waals surface area contributed by atoms with Crippen LogP contribution >= 0.6 is 0 Å². The fourth-order valence-corrected chi connectivity index (χ4v) is 8.83. The van der Waals surface area contributed by atoms with Crippen molar-refractivity contribution in [2.24, 2.45) is 5.73 Å². The summed E-state index contributed by atoms with van der Waals surface area (Å²) in [6.45, 7) is -0.445. The van der Waals surface area contributed by atoms with Crippen LogP contribution in [-0.2, 0) is 49.7 Å². The van der Waals surface area contributed by atoms with Crippen molar-refractivity contribution in [3.63, 3.8) is 0 Å². The first-order chi connectivity index (χ1) is 38.4. The fourth-order valence-electron chi connectivity index (χ4n) is 8.83. The molecule has 2 aromatic carbocycles. The van der Waals surface area contributed by atoms with Gasteiger partial charge in [-0.05, 0) is 73.7 Å². The van der Waals surface area contributed by atoms with Crippen LogP contribution in [0.5, 0.6) is 5.75 Å². The molecule has 11 N–H and O–H groups in total. The second-order valence-corrected chi connectivity index (χ2v) is 19.0. The Kier molecular flexibility index (Phi) is 23.2. The number of nitrogens with zero attached hydrogens (tertiary/aromatic N) is 4. The van der Waals surface area contributed by atoms with E-state index >= 15 is 0 Å². The Hall–Kier alpha value is -8.08. The normalized spacial score (nSPS) is 19.3. The van der Waals surface area contributed by atoms with Gasteiger partial charge in [0.15, 0.2) is 6.10 Å². The summed E-state index contributed by atoms with van der Waals surface area (Å²) in [6.07, 6.45) is 1.87. The number of carbonyl (C=O) groups is 9. The number of hydroxylamine groups is 2. The van der Waals surface area contributed by atoms with Crippen molar-refractivity contribution in [3.8, 4) is 5.75 Å². The quantitative estimate of drug-likeness (QED) is 0.0295. The van der Waals surface area contributed by atoms with Crippen LogP contribution in [0.25, 0.3) is 0 Å². The molecule has 6 atom stereocenters. The topological polar surface area (TPSA) is 380 Å². The molecule has 3 heterocycles. The van der Waals surface area contributed by atoms with Crippen molar-refractivity contribution < 1.29 is 82.6 Å². The average Bonchev–Trinajstić information content (AvgIpc) is 3.79. The number of amides is 9. The highest BCUT2D eigenvalue weighted by atomic mass is 16.7. The largest absolute Gasteiger partial charge is 0.479 e. The standard InChI is InChI=1S/C53H68N10O17/c1-61(26-27-78-63(36-12-5-4-6-13-36)43(67)14-7-2-3-8-22-57-52(75)58-34-19-23-55-24-20-34)49(72)33-10-9-11-35(29-33)59-53(76)77-31-32-15-16-39(79-51-46(70)44(68)45(69)47(80-51)50(73)74)37(28-32)60-40(64)21-25-56-48(71)38(30-54)62-41(65)17-18-42(62)66/h9-11,15-20,23-24,28-29,36,38,44-47,51,68-70H,2-8,12-14,21-22,25-27,30-31,54H2,1H3,(H,56,71)(H,59,76)(H,60,64)(H,73,74)(H2,55,57,58,75)/t38-,44-,45-,46+,47-,51+/m0/s1. The number of likely N-dealkylation sites (N-methyl/N-ethyl adjacent to an activating group) is 1.